The highest BCUT2D eigenvalue weighted by Crippen LogP contribution is 2.20. The fourth-order valence-electron chi connectivity index (χ4n) is 3.41. The van der Waals surface area contributed by atoms with E-state index < -0.39 is 0 Å². The maximum absolute atomic E-state index is 13.1. The van der Waals surface area contributed by atoms with Crippen LogP contribution in [0.15, 0.2) is 25.0 Å². The van der Waals surface area contributed by atoms with Crippen LogP contribution < -0.4 is 0 Å². The molecule has 1 saturated heterocycles. The highest BCUT2D eigenvalue weighted by atomic mass is 16.2. The molecule has 2 aromatic heterocycles. The van der Waals surface area contributed by atoms with Crippen molar-refractivity contribution in [2.75, 3.05) is 26.2 Å². The summed E-state index contributed by atoms with van der Waals surface area (Å²) in [6, 6.07) is -0.285. The summed E-state index contributed by atoms with van der Waals surface area (Å²) in [6.45, 7) is 8.40. The van der Waals surface area contributed by atoms with E-state index in [1.807, 2.05) is 29.0 Å². The molecule has 25 heavy (non-hydrogen) atoms. The second kappa shape index (κ2) is 7.77. The Morgan fingerprint density at radius 1 is 1.20 bits per heavy atom. The van der Waals surface area contributed by atoms with E-state index in [9.17, 15) is 4.79 Å². The second-order valence-corrected chi connectivity index (χ2v) is 7.04. The van der Waals surface area contributed by atoms with Crippen molar-refractivity contribution in [1.82, 2.24) is 34.3 Å². The van der Waals surface area contributed by atoms with E-state index in [2.05, 4.69) is 33.9 Å². The molecule has 0 saturated carbocycles. The van der Waals surface area contributed by atoms with Crippen LogP contribution in [0.1, 0.15) is 31.9 Å². The highest BCUT2D eigenvalue weighted by molar-refractivity contribution is 5.80. The van der Waals surface area contributed by atoms with Gasteiger partial charge in [-0.3, -0.25) is 14.4 Å². The van der Waals surface area contributed by atoms with E-state index in [-0.39, 0.29) is 17.9 Å². The predicted molar refractivity (Wildman–Crippen MR) is 93.6 cm³/mol. The van der Waals surface area contributed by atoms with Gasteiger partial charge in [0.25, 0.3) is 0 Å². The third-order valence-corrected chi connectivity index (χ3v) is 4.67. The molecule has 0 radical (unpaired) electrons. The summed E-state index contributed by atoms with van der Waals surface area (Å²) in [5, 5.41) is 8.42. The Morgan fingerprint density at radius 3 is 2.68 bits per heavy atom. The van der Waals surface area contributed by atoms with Gasteiger partial charge in [0.2, 0.25) is 5.91 Å². The van der Waals surface area contributed by atoms with Crippen LogP contribution in [-0.2, 0) is 18.4 Å². The third-order valence-electron chi connectivity index (χ3n) is 4.67. The van der Waals surface area contributed by atoms with Gasteiger partial charge < -0.3 is 4.90 Å². The minimum atomic E-state index is -0.285. The number of amides is 1. The van der Waals surface area contributed by atoms with Gasteiger partial charge in [-0.1, -0.05) is 13.8 Å². The molecule has 1 aliphatic rings. The monoisotopic (exact) mass is 345 g/mol. The molecule has 0 aliphatic carbocycles. The number of rotatable bonds is 5. The van der Waals surface area contributed by atoms with Gasteiger partial charge >= 0.3 is 0 Å². The van der Waals surface area contributed by atoms with E-state index in [1.54, 1.807) is 11.0 Å². The normalized spacial score (nSPS) is 17.7. The van der Waals surface area contributed by atoms with Gasteiger partial charge in [-0.15, -0.1) is 0 Å². The SMILES string of the molecule is CC(C)[C@H](C(=O)N1CCCN(Cc2cnn(C)c2)CC1)n1cncn1. The van der Waals surface area contributed by atoms with Crippen molar-refractivity contribution in [3.8, 4) is 0 Å². The zero-order chi connectivity index (χ0) is 17.8. The van der Waals surface area contributed by atoms with E-state index in [0.29, 0.717) is 0 Å². The Labute approximate surface area is 148 Å². The number of aryl methyl sites for hydroxylation is 1. The first-order valence-corrected chi connectivity index (χ1v) is 8.87. The summed E-state index contributed by atoms with van der Waals surface area (Å²) in [5.41, 5.74) is 1.21. The van der Waals surface area contributed by atoms with Crippen molar-refractivity contribution < 1.29 is 4.79 Å². The summed E-state index contributed by atoms with van der Waals surface area (Å²) < 4.78 is 3.51. The molecule has 1 aliphatic heterocycles. The lowest BCUT2D eigenvalue weighted by Crippen LogP contribution is -2.41. The molecule has 0 spiro atoms. The van der Waals surface area contributed by atoms with E-state index in [1.165, 1.54) is 11.9 Å². The predicted octanol–water partition coefficient (Wildman–Crippen LogP) is 0.943. The van der Waals surface area contributed by atoms with Crippen molar-refractivity contribution in [2.45, 2.75) is 32.9 Å². The molecular formula is C17H27N7O. The Balaban J connectivity index is 1.62. The molecular weight excluding hydrogens is 318 g/mol. The van der Waals surface area contributed by atoms with Crippen LogP contribution in [0.3, 0.4) is 0 Å². The molecule has 8 nitrogen and oxygen atoms in total. The number of hydrogen-bond donors (Lipinski definition) is 0. The lowest BCUT2D eigenvalue weighted by atomic mass is 10.0. The van der Waals surface area contributed by atoms with Crippen molar-refractivity contribution in [3.05, 3.63) is 30.6 Å². The minimum absolute atomic E-state index is 0.142. The second-order valence-electron chi connectivity index (χ2n) is 7.04. The fraction of sp³-hybridized carbons (Fsp3) is 0.647. The van der Waals surface area contributed by atoms with Gasteiger partial charge in [0.05, 0.1) is 6.20 Å². The molecule has 0 N–H and O–H groups in total. The van der Waals surface area contributed by atoms with Crippen LogP contribution in [0.25, 0.3) is 0 Å². The zero-order valence-electron chi connectivity index (χ0n) is 15.2. The lowest BCUT2D eigenvalue weighted by Gasteiger charge is -2.28. The van der Waals surface area contributed by atoms with E-state index >= 15 is 0 Å². The van der Waals surface area contributed by atoms with Gasteiger partial charge in [0.1, 0.15) is 18.7 Å². The first kappa shape index (κ1) is 17.6. The standard InChI is InChI=1S/C17H27N7O/c1-14(2)16(24-13-18-12-20-24)17(25)23-6-4-5-22(7-8-23)11-15-9-19-21(3)10-15/h9-10,12-14,16H,4-8,11H2,1-3H3/t16-/m1/s1. The van der Waals surface area contributed by atoms with Gasteiger partial charge in [0.15, 0.2) is 0 Å². The average molecular weight is 345 g/mol. The molecule has 1 amide bonds. The largest absolute Gasteiger partial charge is 0.340 e. The van der Waals surface area contributed by atoms with Gasteiger partial charge in [-0.2, -0.15) is 10.2 Å². The zero-order valence-corrected chi connectivity index (χ0v) is 15.2. The molecule has 0 unspecified atom stereocenters. The van der Waals surface area contributed by atoms with Crippen LogP contribution in [-0.4, -0.2) is 66.4 Å². The number of carbonyl (C=O) groups is 1. The molecule has 8 heteroatoms. The van der Waals surface area contributed by atoms with Gasteiger partial charge in [-0.05, 0) is 12.3 Å². The summed E-state index contributed by atoms with van der Waals surface area (Å²) >= 11 is 0. The summed E-state index contributed by atoms with van der Waals surface area (Å²) in [5.74, 6) is 0.313. The Morgan fingerprint density at radius 2 is 2.04 bits per heavy atom. The quantitative estimate of drug-likeness (QED) is 0.807. The van der Waals surface area contributed by atoms with E-state index in [0.717, 1.165) is 39.1 Å². The van der Waals surface area contributed by atoms with Crippen molar-refractivity contribution >= 4 is 5.91 Å². The maximum atomic E-state index is 13.1. The summed E-state index contributed by atoms with van der Waals surface area (Å²) in [7, 11) is 1.93. The topological polar surface area (TPSA) is 72.1 Å². The smallest absolute Gasteiger partial charge is 0.247 e. The lowest BCUT2D eigenvalue weighted by molar-refractivity contribution is -0.136. The molecule has 3 rings (SSSR count). The number of hydrogen-bond acceptors (Lipinski definition) is 5. The third kappa shape index (κ3) is 4.25. The first-order chi connectivity index (χ1) is 12.0. The van der Waals surface area contributed by atoms with Crippen LogP contribution >= 0.6 is 0 Å². The summed E-state index contributed by atoms with van der Waals surface area (Å²) in [6.07, 6.45) is 8.06. The average Bonchev–Trinajstić information content (AvgIpc) is 3.16. The van der Waals surface area contributed by atoms with Crippen LogP contribution in [0, 0.1) is 5.92 Å². The van der Waals surface area contributed by atoms with Crippen LogP contribution in [0.5, 0.6) is 0 Å². The number of carbonyl (C=O) groups excluding carboxylic acids is 1. The highest BCUT2D eigenvalue weighted by Gasteiger charge is 2.30. The van der Waals surface area contributed by atoms with Gasteiger partial charge in [-0.25, -0.2) is 9.67 Å². The molecule has 1 fully saturated rings. The minimum Gasteiger partial charge on any atom is -0.340 e. The van der Waals surface area contributed by atoms with Gasteiger partial charge in [0, 0.05) is 51.5 Å². The number of aromatic nitrogens is 5. The summed E-state index contributed by atoms with van der Waals surface area (Å²) in [4.78, 5) is 21.4. The Bertz CT molecular complexity index is 679. The van der Waals surface area contributed by atoms with Crippen molar-refractivity contribution in [3.63, 3.8) is 0 Å². The molecule has 1 atom stereocenters. The fourth-order valence-corrected chi connectivity index (χ4v) is 3.41. The number of nitrogens with zero attached hydrogens (tertiary/aromatic N) is 7. The maximum Gasteiger partial charge on any atom is 0.247 e. The van der Waals surface area contributed by atoms with Crippen molar-refractivity contribution in [2.24, 2.45) is 13.0 Å². The molecule has 3 heterocycles. The molecule has 136 valence electrons. The van der Waals surface area contributed by atoms with Crippen LogP contribution in [0.2, 0.25) is 0 Å². The Kier molecular flexibility index (Phi) is 5.47. The Hall–Kier alpha value is -2.22. The van der Waals surface area contributed by atoms with Crippen LogP contribution in [0.4, 0.5) is 0 Å². The molecule has 2 aromatic rings. The first-order valence-electron chi connectivity index (χ1n) is 8.87. The molecule has 0 aromatic carbocycles. The van der Waals surface area contributed by atoms with E-state index in [4.69, 9.17) is 0 Å². The van der Waals surface area contributed by atoms with Crippen molar-refractivity contribution in [1.29, 1.82) is 0 Å². The molecule has 0 bridgehead atoms.